The number of aromatic nitrogens is 1. The smallest absolute Gasteiger partial charge is 0.262 e. The van der Waals surface area contributed by atoms with Crippen LogP contribution in [0.3, 0.4) is 0 Å². The van der Waals surface area contributed by atoms with Gasteiger partial charge in [0.05, 0.1) is 13.2 Å². The quantitative estimate of drug-likeness (QED) is 0.595. The highest BCUT2D eigenvalue weighted by Gasteiger charge is 2.11. The Labute approximate surface area is 183 Å². The van der Waals surface area contributed by atoms with Crippen LogP contribution in [-0.4, -0.2) is 54.8 Å². The molecule has 6 heteroatoms. The van der Waals surface area contributed by atoms with Crippen LogP contribution in [0.1, 0.15) is 25.3 Å². The Morgan fingerprint density at radius 2 is 1.94 bits per heavy atom. The lowest BCUT2D eigenvalue weighted by molar-refractivity contribution is -0.118. The molecule has 1 aliphatic heterocycles. The van der Waals surface area contributed by atoms with Gasteiger partial charge < -0.3 is 19.4 Å². The Hall–Kier alpha value is -2.83. The van der Waals surface area contributed by atoms with E-state index in [0.717, 1.165) is 50.5 Å². The Morgan fingerprint density at radius 1 is 1.10 bits per heavy atom. The van der Waals surface area contributed by atoms with Gasteiger partial charge in [0.1, 0.15) is 5.75 Å². The molecule has 4 rings (SSSR count). The predicted molar refractivity (Wildman–Crippen MR) is 124 cm³/mol. The van der Waals surface area contributed by atoms with Crippen LogP contribution in [0.5, 0.6) is 5.75 Å². The molecule has 1 fully saturated rings. The van der Waals surface area contributed by atoms with E-state index in [0.29, 0.717) is 11.7 Å². The highest BCUT2D eigenvalue weighted by molar-refractivity contribution is 5.94. The molecule has 1 aromatic heterocycles. The number of morpholine rings is 1. The van der Waals surface area contributed by atoms with Crippen molar-refractivity contribution in [3.63, 3.8) is 0 Å². The largest absolute Gasteiger partial charge is 0.484 e. The number of ether oxygens (including phenoxy) is 2. The van der Waals surface area contributed by atoms with Gasteiger partial charge in [-0.3, -0.25) is 9.69 Å². The van der Waals surface area contributed by atoms with Crippen molar-refractivity contribution < 1.29 is 14.3 Å². The molecule has 2 heterocycles. The van der Waals surface area contributed by atoms with E-state index in [1.54, 1.807) is 0 Å². The third-order valence-electron chi connectivity index (χ3n) is 5.71. The number of fused-ring (bicyclic) bond motifs is 1. The zero-order valence-corrected chi connectivity index (χ0v) is 18.3. The summed E-state index contributed by atoms with van der Waals surface area (Å²) in [6.07, 6.45) is 2.11. The van der Waals surface area contributed by atoms with Crippen LogP contribution in [-0.2, 0) is 16.1 Å². The zero-order chi connectivity index (χ0) is 21.6. The number of carbonyl (C=O) groups is 1. The molecule has 1 aliphatic rings. The van der Waals surface area contributed by atoms with E-state index in [4.69, 9.17) is 9.47 Å². The molecule has 0 radical (unpaired) electrons. The summed E-state index contributed by atoms with van der Waals surface area (Å²) in [4.78, 5) is 14.8. The summed E-state index contributed by atoms with van der Waals surface area (Å²) in [5.74, 6) is 0.973. The molecule has 0 aliphatic carbocycles. The van der Waals surface area contributed by atoms with Crippen LogP contribution in [0, 0.1) is 0 Å². The van der Waals surface area contributed by atoms with Crippen LogP contribution in [0.15, 0.2) is 54.7 Å². The molecule has 0 unspecified atom stereocenters. The van der Waals surface area contributed by atoms with Gasteiger partial charge in [-0.05, 0) is 47.9 Å². The van der Waals surface area contributed by atoms with E-state index in [9.17, 15) is 4.79 Å². The zero-order valence-electron chi connectivity index (χ0n) is 18.3. The highest BCUT2D eigenvalue weighted by Crippen LogP contribution is 2.22. The molecule has 0 saturated carbocycles. The minimum atomic E-state index is -0.166. The first-order valence-corrected chi connectivity index (χ1v) is 11.0. The van der Waals surface area contributed by atoms with Gasteiger partial charge in [0.2, 0.25) is 0 Å². The second-order valence-electron chi connectivity index (χ2n) is 8.30. The second kappa shape index (κ2) is 9.98. The van der Waals surface area contributed by atoms with Crippen LogP contribution in [0.2, 0.25) is 0 Å². The van der Waals surface area contributed by atoms with Crippen molar-refractivity contribution >= 4 is 22.5 Å². The summed E-state index contributed by atoms with van der Waals surface area (Å²) < 4.78 is 13.4. The number of benzene rings is 2. The molecule has 6 nitrogen and oxygen atoms in total. The number of nitrogens with one attached hydrogen (secondary N) is 1. The van der Waals surface area contributed by atoms with Crippen molar-refractivity contribution in [2.45, 2.75) is 26.3 Å². The van der Waals surface area contributed by atoms with E-state index >= 15 is 0 Å². The molecule has 1 N–H and O–H groups in total. The Kier molecular flexibility index (Phi) is 6.89. The third kappa shape index (κ3) is 5.66. The molecular formula is C25H31N3O3. The van der Waals surface area contributed by atoms with Crippen molar-refractivity contribution in [2.24, 2.45) is 0 Å². The van der Waals surface area contributed by atoms with E-state index < -0.39 is 0 Å². The molecule has 164 valence electrons. The van der Waals surface area contributed by atoms with Crippen LogP contribution in [0.25, 0.3) is 10.9 Å². The molecule has 31 heavy (non-hydrogen) atoms. The van der Waals surface area contributed by atoms with Gasteiger partial charge in [-0.2, -0.15) is 0 Å². The van der Waals surface area contributed by atoms with Gasteiger partial charge in [0.15, 0.2) is 6.61 Å². The summed E-state index contributed by atoms with van der Waals surface area (Å²) in [5.41, 5.74) is 3.15. The third-order valence-corrected chi connectivity index (χ3v) is 5.71. The average molecular weight is 422 g/mol. The maximum atomic E-state index is 12.4. The normalized spacial score (nSPS) is 14.8. The lowest BCUT2D eigenvalue weighted by atomic mass is 10.0. The Balaban J connectivity index is 1.32. The average Bonchev–Trinajstić information content (AvgIpc) is 3.19. The molecular weight excluding hydrogens is 390 g/mol. The molecule has 0 spiro atoms. The monoisotopic (exact) mass is 421 g/mol. The van der Waals surface area contributed by atoms with Gasteiger partial charge in [0, 0.05) is 49.0 Å². The fraction of sp³-hybridized carbons (Fsp3) is 0.400. The Morgan fingerprint density at radius 3 is 2.74 bits per heavy atom. The van der Waals surface area contributed by atoms with E-state index in [2.05, 4.69) is 53.0 Å². The first kappa shape index (κ1) is 21.4. The maximum Gasteiger partial charge on any atom is 0.262 e. The van der Waals surface area contributed by atoms with E-state index in [1.165, 1.54) is 11.1 Å². The minimum Gasteiger partial charge on any atom is -0.484 e. The summed E-state index contributed by atoms with van der Waals surface area (Å²) in [6, 6.07) is 16.0. The summed E-state index contributed by atoms with van der Waals surface area (Å²) in [5, 5.41) is 4.06. The minimum absolute atomic E-state index is 0.0137. The molecule has 1 amide bonds. The highest BCUT2D eigenvalue weighted by atomic mass is 16.5. The summed E-state index contributed by atoms with van der Waals surface area (Å²) >= 11 is 0. The number of rotatable bonds is 8. The van der Waals surface area contributed by atoms with Gasteiger partial charge in [-0.1, -0.05) is 26.0 Å². The van der Waals surface area contributed by atoms with Crippen LogP contribution >= 0.6 is 0 Å². The van der Waals surface area contributed by atoms with E-state index in [1.807, 2.05) is 30.3 Å². The molecule has 0 atom stereocenters. The van der Waals surface area contributed by atoms with Crippen molar-refractivity contribution in [3.05, 3.63) is 60.3 Å². The second-order valence-corrected chi connectivity index (χ2v) is 8.30. The predicted octanol–water partition coefficient (Wildman–Crippen LogP) is 4.11. The Bertz CT molecular complexity index is 1020. The fourth-order valence-electron chi connectivity index (χ4n) is 3.86. The van der Waals surface area contributed by atoms with Crippen molar-refractivity contribution in [3.8, 4) is 5.75 Å². The topological polar surface area (TPSA) is 55.7 Å². The number of hydrogen-bond acceptors (Lipinski definition) is 4. The van der Waals surface area contributed by atoms with Gasteiger partial charge in [-0.25, -0.2) is 0 Å². The number of amides is 1. The van der Waals surface area contributed by atoms with Crippen LogP contribution < -0.4 is 10.1 Å². The van der Waals surface area contributed by atoms with Crippen molar-refractivity contribution in [1.82, 2.24) is 9.47 Å². The maximum absolute atomic E-state index is 12.4. The molecule has 1 saturated heterocycles. The van der Waals surface area contributed by atoms with Gasteiger partial charge in [-0.15, -0.1) is 0 Å². The fourth-order valence-corrected chi connectivity index (χ4v) is 3.86. The van der Waals surface area contributed by atoms with Gasteiger partial charge >= 0.3 is 0 Å². The summed E-state index contributed by atoms with van der Waals surface area (Å²) in [7, 11) is 0. The van der Waals surface area contributed by atoms with Gasteiger partial charge in [0.25, 0.3) is 5.91 Å². The molecule has 3 aromatic rings. The summed E-state index contributed by atoms with van der Waals surface area (Å²) in [6.45, 7) is 9.86. The lowest BCUT2D eigenvalue weighted by Crippen LogP contribution is -2.38. The first-order valence-electron chi connectivity index (χ1n) is 11.0. The van der Waals surface area contributed by atoms with Crippen LogP contribution in [0.4, 0.5) is 5.69 Å². The molecule has 0 bridgehead atoms. The number of carbonyl (C=O) groups excluding carboxylic acids is 1. The lowest BCUT2D eigenvalue weighted by Gasteiger charge is -2.26. The number of hydrogen-bond donors (Lipinski definition) is 1. The van der Waals surface area contributed by atoms with Crippen molar-refractivity contribution in [1.29, 1.82) is 0 Å². The van der Waals surface area contributed by atoms with Crippen molar-refractivity contribution in [2.75, 3.05) is 44.8 Å². The standard InChI is InChI=1S/C25H31N3O3/c1-19(2)20-4-3-5-23(17-20)31-18-25(29)26-22-6-7-24-21(16-22)8-9-28(24)11-10-27-12-14-30-15-13-27/h3-9,16-17,19H,10-15,18H2,1-2H3,(H,26,29). The first-order chi connectivity index (χ1) is 15.1. The molecule has 2 aromatic carbocycles. The number of nitrogens with zero attached hydrogens (tertiary/aromatic N) is 2. The number of anilines is 1. The SMILES string of the molecule is CC(C)c1cccc(OCC(=O)Nc2ccc3c(ccn3CCN3CCOCC3)c2)c1. The van der Waals surface area contributed by atoms with E-state index in [-0.39, 0.29) is 12.5 Å².